The molecule has 0 aliphatic rings. The van der Waals surface area contributed by atoms with Gasteiger partial charge >= 0.3 is 5.63 Å². The first-order valence-electron chi connectivity index (χ1n) is 3.90. The molecule has 0 aliphatic carbocycles. The van der Waals surface area contributed by atoms with E-state index in [1.165, 1.54) is 0 Å². The summed E-state index contributed by atoms with van der Waals surface area (Å²) in [6, 6.07) is 6.90. The minimum absolute atomic E-state index is 0.172. The fourth-order valence-electron chi connectivity index (χ4n) is 1.27. The van der Waals surface area contributed by atoms with E-state index in [0.717, 1.165) is 0 Å². The highest BCUT2D eigenvalue weighted by molar-refractivity contribution is 9.10. The van der Waals surface area contributed by atoms with E-state index in [-0.39, 0.29) is 4.47 Å². The number of para-hydroxylation sites is 1. The molecule has 0 aliphatic heterocycles. The molecule has 0 bridgehead atoms. The average Bonchev–Trinajstić information content (AvgIpc) is 2.20. The highest BCUT2D eigenvalue weighted by Gasteiger charge is 2.10. The van der Waals surface area contributed by atoms with Crippen molar-refractivity contribution in [3.8, 4) is 0 Å². The quantitative estimate of drug-likeness (QED) is 0.579. The third-order valence-corrected chi connectivity index (χ3v) is 2.66. The molecule has 0 unspecified atom stereocenters. The average molecular weight is 253 g/mol. The molecule has 2 rings (SSSR count). The highest BCUT2D eigenvalue weighted by atomic mass is 79.9. The van der Waals surface area contributed by atoms with Crippen LogP contribution >= 0.6 is 15.9 Å². The largest absolute Gasteiger partial charge is 0.422 e. The second-order valence-corrected chi connectivity index (χ2v) is 3.52. The SMILES string of the molecule is O=Cc1c(Br)c(=O)oc2ccccc12. The van der Waals surface area contributed by atoms with Gasteiger partial charge in [-0.15, -0.1) is 0 Å². The zero-order valence-corrected chi connectivity index (χ0v) is 8.58. The van der Waals surface area contributed by atoms with E-state index in [1.807, 2.05) is 0 Å². The van der Waals surface area contributed by atoms with Crippen LogP contribution in [0.25, 0.3) is 11.0 Å². The van der Waals surface area contributed by atoms with Gasteiger partial charge in [0.05, 0.1) is 0 Å². The summed E-state index contributed by atoms with van der Waals surface area (Å²) in [5, 5.41) is 0.633. The molecular weight excluding hydrogens is 248 g/mol. The van der Waals surface area contributed by atoms with Gasteiger partial charge in [-0.05, 0) is 22.0 Å². The molecule has 0 saturated carbocycles. The summed E-state index contributed by atoms with van der Waals surface area (Å²) in [6.45, 7) is 0. The highest BCUT2D eigenvalue weighted by Crippen LogP contribution is 2.21. The van der Waals surface area contributed by atoms with Crippen molar-refractivity contribution in [2.24, 2.45) is 0 Å². The summed E-state index contributed by atoms with van der Waals surface area (Å²) >= 11 is 3.02. The van der Waals surface area contributed by atoms with Gasteiger partial charge in [0.25, 0.3) is 0 Å². The van der Waals surface area contributed by atoms with Crippen molar-refractivity contribution in [3.05, 3.63) is 44.7 Å². The van der Waals surface area contributed by atoms with Gasteiger partial charge in [0.1, 0.15) is 10.1 Å². The Morgan fingerprint density at radius 3 is 2.71 bits per heavy atom. The fraction of sp³-hybridized carbons (Fsp3) is 0. The summed E-state index contributed by atoms with van der Waals surface area (Å²) in [4.78, 5) is 22.0. The lowest BCUT2D eigenvalue weighted by Crippen LogP contribution is -2.03. The molecule has 1 aromatic carbocycles. The topological polar surface area (TPSA) is 47.3 Å². The van der Waals surface area contributed by atoms with Gasteiger partial charge in [0, 0.05) is 10.9 Å². The monoisotopic (exact) mass is 252 g/mol. The molecule has 70 valence electrons. The second kappa shape index (κ2) is 3.38. The molecule has 0 fully saturated rings. The molecule has 1 aromatic heterocycles. The molecule has 4 heteroatoms. The Labute approximate surface area is 87.5 Å². The number of fused-ring (bicyclic) bond motifs is 1. The lowest BCUT2D eigenvalue weighted by molar-refractivity contribution is 0.112. The van der Waals surface area contributed by atoms with Crippen LogP contribution in [0.2, 0.25) is 0 Å². The predicted molar refractivity (Wildman–Crippen MR) is 55.6 cm³/mol. The van der Waals surface area contributed by atoms with E-state index in [9.17, 15) is 9.59 Å². The van der Waals surface area contributed by atoms with Gasteiger partial charge in [-0.2, -0.15) is 0 Å². The Morgan fingerprint density at radius 2 is 2.00 bits per heavy atom. The Kier molecular flexibility index (Phi) is 2.21. The number of hydrogen-bond acceptors (Lipinski definition) is 3. The third-order valence-electron chi connectivity index (χ3n) is 1.91. The lowest BCUT2D eigenvalue weighted by Gasteiger charge is -2.00. The van der Waals surface area contributed by atoms with Crippen molar-refractivity contribution >= 4 is 33.2 Å². The van der Waals surface area contributed by atoms with Crippen LogP contribution in [0, 0.1) is 0 Å². The van der Waals surface area contributed by atoms with E-state index in [0.29, 0.717) is 22.8 Å². The van der Waals surface area contributed by atoms with Crippen molar-refractivity contribution in [2.75, 3.05) is 0 Å². The summed E-state index contributed by atoms with van der Waals surface area (Å²) in [5.41, 5.74) is 0.213. The van der Waals surface area contributed by atoms with Crippen molar-refractivity contribution in [3.63, 3.8) is 0 Å². The third kappa shape index (κ3) is 1.28. The molecule has 0 N–H and O–H groups in total. The van der Waals surface area contributed by atoms with E-state index >= 15 is 0 Å². The van der Waals surface area contributed by atoms with Gasteiger partial charge in [0.15, 0.2) is 6.29 Å². The number of benzene rings is 1. The van der Waals surface area contributed by atoms with Crippen molar-refractivity contribution in [1.29, 1.82) is 0 Å². The zero-order chi connectivity index (χ0) is 10.1. The molecule has 0 radical (unpaired) electrons. The number of carbonyl (C=O) groups excluding carboxylic acids is 1. The van der Waals surface area contributed by atoms with Crippen LogP contribution in [0.5, 0.6) is 0 Å². The van der Waals surface area contributed by atoms with Gasteiger partial charge in [-0.3, -0.25) is 4.79 Å². The van der Waals surface area contributed by atoms with Crippen LogP contribution in [-0.2, 0) is 0 Å². The summed E-state index contributed by atoms with van der Waals surface area (Å²) in [6.07, 6.45) is 0.642. The molecule has 14 heavy (non-hydrogen) atoms. The van der Waals surface area contributed by atoms with Crippen LogP contribution in [0.15, 0.2) is 37.9 Å². The number of aldehydes is 1. The summed E-state index contributed by atoms with van der Waals surface area (Å²) < 4.78 is 5.15. The van der Waals surface area contributed by atoms with Crippen LogP contribution in [0.3, 0.4) is 0 Å². The molecule has 0 amide bonds. The van der Waals surface area contributed by atoms with Gasteiger partial charge in [-0.25, -0.2) is 4.79 Å². The Morgan fingerprint density at radius 1 is 1.29 bits per heavy atom. The van der Waals surface area contributed by atoms with Crippen molar-refractivity contribution in [1.82, 2.24) is 0 Å². The van der Waals surface area contributed by atoms with E-state index in [2.05, 4.69) is 15.9 Å². The van der Waals surface area contributed by atoms with Crippen LogP contribution < -0.4 is 5.63 Å². The molecule has 2 aromatic rings. The molecular formula is C10H5BrO3. The molecule has 0 saturated heterocycles. The molecule has 1 heterocycles. The van der Waals surface area contributed by atoms with Crippen LogP contribution in [0.4, 0.5) is 0 Å². The minimum Gasteiger partial charge on any atom is -0.422 e. The maximum absolute atomic E-state index is 11.2. The van der Waals surface area contributed by atoms with E-state index < -0.39 is 5.63 Å². The standard InChI is InChI=1S/C10H5BrO3/c11-9-7(5-12)6-3-1-2-4-8(6)14-10(9)13/h1-5H. The maximum Gasteiger partial charge on any atom is 0.351 e. The second-order valence-electron chi connectivity index (χ2n) is 2.73. The first-order chi connectivity index (χ1) is 6.74. The van der Waals surface area contributed by atoms with E-state index in [4.69, 9.17) is 4.42 Å². The molecule has 0 atom stereocenters. The van der Waals surface area contributed by atoms with Crippen LogP contribution in [-0.4, -0.2) is 6.29 Å². The summed E-state index contributed by atoms with van der Waals surface area (Å²) in [5.74, 6) is 0. The van der Waals surface area contributed by atoms with Gasteiger partial charge in [-0.1, -0.05) is 18.2 Å². The number of halogens is 1. The smallest absolute Gasteiger partial charge is 0.351 e. The first kappa shape index (κ1) is 9.15. The first-order valence-corrected chi connectivity index (χ1v) is 4.70. The zero-order valence-electron chi connectivity index (χ0n) is 6.99. The Balaban J connectivity index is 3.03. The van der Waals surface area contributed by atoms with Crippen molar-refractivity contribution in [2.45, 2.75) is 0 Å². The lowest BCUT2D eigenvalue weighted by atomic mass is 10.1. The molecule has 0 spiro atoms. The number of carbonyl (C=O) groups is 1. The van der Waals surface area contributed by atoms with Crippen LogP contribution in [0.1, 0.15) is 10.4 Å². The van der Waals surface area contributed by atoms with Gasteiger partial charge < -0.3 is 4.42 Å². The number of hydrogen-bond donors (Lipinski definition) is 0. The Hall–Kier alpha value is -1.42. The van der Waals surface area contributed by atoms with Gasteiger partial charge in [0.2, 0.25) is 0 Å². The fourth-order valence-corrected chi connectivity index (χ4v) is 1.65. The normalized spacial score (nSPS) is 10.4. The summed E-state index contributed by atoms with van der Waals surface area (Å²) in [7, 11) is 0. The Bertz CT molecular complexity index is 557. The maximum atomic E-state index is 11.2. The minimum atomic E-state index is -0.536. The van der Waals surface area contributed by atoms with E-state index in [1.54, 1.807) is 24.3 Å². The number of rotatable bonds is 1. The van der Waals surface area contributed by atoms with Crippen molar-refractivity contribution < 1.29 is 9.21 Å². The predicted octanol–water partition coefficient (Wildman–Crippen LogP) is 2.37. The molecule has 3 nitrogen and oxygen atoms in total.